The summed E-state index contributed by atoms with van der Waals surface area (Å²) in [6, 6.07) is 3.28. The number of aromatic hydroxyl groups is 6. The Morgan fingerprint density at radius 3 is 1.19 bits per heavy atom. The molecule has 0 saturated heterocycles. The molecule has 31 heavy (non-hydrogen) atoms. The fourth-order valence-electron chi connectivity index (χ4n) is 2.32. The van der Waals surface area contributed by atoms with Crippen LogP contribution in [0.1, 0.15) is 20.7 Å². The van der Waals surface area contributed by atoms with Gasteiger partial charge in [-0.25, -0.2) is 9.59 Å². The summed E-state index contributed by atoms with van der Waals surface area (Å²) in [7, 11) is 0. The number of ether oxygens (including phenoxy) is 2. The van der Waals surface area contributed by atoms with Crippen LogP contribution >= 0.6 is 0 Å². The maximum atomic E-state index is 12.1. The third-order valence-corrected chi connectivity index (χ3v) is 4.30. The number of aliphatic hydroxyl groups excluding tert-OH is 2. The van der Waals surface area contributed by atoms with Gasteiger partial charge in [0.15, 0.2) is 34.5 Å². The zero-order valence-corrected chi connectivity index (χ0v) is 15.8. The Kier molecular flexibility index (Phi) is 7.00. The van der Waals surface area contributed by atoms with E-state index in [0.29, 0.717) is 0 Å². The summed E-state index contributed by atoms with van der Waals surface area (Å²) in [6.45, 7) is -2.88. The van der Waals surface area contributed by atoms with Crippen LogP contribution in [0.4, 0.5) is 0 Å². The fraction of sp³-hybridized carbons (Fsp3) is 0.263. The number of carbonyl (C=O) groups excluding carboxylic acids is 2. The van der Waals surface area contributed by atoms with Crippen molar-refractivity contribution in [1.82, 2.24) is 0 Å². The average molecular weight is 440 g/mol. The topological polar surface area (TPSA) is 214 Å². The Morgan fingerprint density at radius 2 is 0.935 bits per heavy atom. The Labute approximate surface area is 174 Å². The Balaban J connectivity index is 2.08. The van der Waals surface area contributed by atoms with Crippen LogP contribution in [0.3, 0.4) is 0 Å². The van der Waals surface area contributed by atoms with Gasteiger partial charge in [-0.05, 0) is 24.3 Å². The van der Waals surface area contributed by atoms with Crippen LogP contribution in [-0.4, -0.2) is 79.2 Å². The summed E-state index contributed by atoms with van der Waals surface area (Å²) < 4.78 is 9.90. The molecular formula is C19H20O12. The van der Waals surface area contributed by atoms with E-state index in [1.165, 1.54) is 0 Å². The first-order valence-corrected chi connectivity index (χ1v) is 8.59. The SMILES string of the molecule is O=C(OCC(CO)(CO)COC(=O)c1cc(O)c(O)c(O)c1)c1cc(O)c(O)c(O)c1. The zero-order valence-electron chi connectivity index (χ0n) is 15.8. The van der Waals surface area contributed by atoms with Gasteiger partial charge in [-0.15, -0.1) is 0 Å². The van der Waals surface area contributed by atoms with E-state index in [2.05, 4.69) is 0 Å². The molecule has 0 amide bonds. The highest BCUT2D eigenvalue weighted by Crippen LogP contribution is 2.36. The van der Waals surface area contributed by atoms with E-state index >= 15 is 0 Å². The van der Waals surface area contributed by atoms with Crippen LogP contribution in [0, 0.1) is 5.41 Å². The van der Waals surface area contributed by atoms with Crippen LogP contribution in [0.25, 0.3) is 0 Å². The second kappa shape index (κ2) is 9.28. The molecule has 12 nitrogen and oxygen atoms in total. The smallest absolute Gasteiger partial charge is 0.338 e. The number of benzene rings is 2. The number of phenols is 6. The minimum absolute atomic E-state index is 0.343. The molecule has 2 aromatic carbocycles. The molecule has 2 rings (SSSR count). The lowest BCUT2D eigenvalue weighted by Gasteiger charge is -2.28. The van der Waals surface area contributed by atoms with Crippen LogP contribution in [-0.2, 0) is 9.47 Å². The first-order valence-electron chi connectivity index (χ1n) is 8.59. The normalized spacial score (nSPS) is 11.2. The molecule has 0 unspecified atom stereocenters. The van der Waals surface area contributed by atoms with Crippen molar-refractivity contribution in [3.8, 4) is 34.5 Å². The number of aliphatic hydroxyl groups is 2. The lowest BCUT2D eigenvalue weighted by molar-refractivity contribution is -0.0523. The molecule has 0 saturated carbocycles. The maximum Gasteiger partial charge on any atom is 0.338 e. The molecule has 0 bridgehead atoms. The molecule has 0 aromatic heterocycles. The van der Waals surface area contributed by atoms with Crippen molar-refractivity contribution in [3.63, 3.8) is 0 Å². The molecule has 0 fully saturated rings. The maximum absolute atomic E-state index is 12.1. The number of carbonyl (C=O) groups is 2. The molecule has 0 aliphatic heterocycles. The van der Waals surface area contributed by atoms with Gasteiger partial charge in [0.2, 0.25) is 0 Å². The van der Waals surface area contributed by atoms with Crippen molar-refractivity contribution < 1.29 is 59.9 Å². The van der Waals surface area contributed by atoms with Crippen molar-refractivity contribution in [2.75, 3.05) is 26.4 Å². The molecule has 0 aliphatic rings. The molecule has 8 N–H and O–H groups in total. The van der Waals surface area contributed by atoms with Crippen molar-refractivity contribution in [2.24, 2.45) is 5.41 Å². The van der Waals surface area contributed by atoms with Gasteiger partial charge < -0.3 is 50.3 Å². The minimum Gasteiger partial charge on any atom is -0.504 e. The quantitative estimate of drug-likeness (QED) is 0.200. The monoisotopic (exact) mass is 440 g/mol. The van der Waals surface area contributed by atoms with E-state index in [1.54, 1.807) is 0 Å². The second-order valence-corrected chi connectivity index (χ2v) is 6.69. The van der Waals surface area contributed by atoms with Crippen molar-refractivity contribution in [1.29, 1.82) is 0 Å². The third-order valence-electron chi connectivity index (χ3n) is 4.30. The lowest BCUT2D eigenvalue weighted by atomic mass is 9.92. The van der Waals surface area contributed by atoms with E-state index in [9.17, 15) is 50.4 Å². The molecule has 0 aliphatic carbocycles. The second-order valence-electron chi connectivity index (χ2n) is 6.69. The highest BCUT2D eigenvalue weighted by Gasteiger charge is 2.33. The van der Waals surface area contributed by atoms with Gasteiger partial charge in [0.25, 0.3) is 0 Å². The van der Waals surface area contributed by atoms with E-state index in [4.69, 9.17) is 9.47 Å². The van der Waals surface area contributed by atoms with E-state index in [1.807, 2.05) is 0 Å². The van der Waals surface area contributed by atoms with Crippen LogP contribution < -0.4 is 0 Å². The summed E-state index contributed by atoms with van der Waals surface area (Å²) >= 11 is 0. The van der Waals surface area contributed by atoms with Gasteiger partial charge in [0, 0.05) is 0 Å². The summed E-state index contributed by atoms with van der Waals surface area (Å²) in [5.41, 5.74) is -2.33. The van der Waals surface area contributed by atoms with Gasteiger partial charge in [0.1, 0.15) is 13.2 Å². The highest BCUT2D eigenvalue weighted by atomic mass is 16.6. The Bertz CT molecular complexity index is 858. The molecule has 12 heteroatoms. The number of hydrogen-bond donors (Lipinski definition) is 8. The molecule has 0 atom stereocenters. The highest BCUT2D eigenvalue weighted by molar-refractivity contribution is 5.91. The fourth-order valence-corrected chi connectivity index (χ4v) is 2.32. The minimum atomic E-state index is -1.65. The summed E-state index contributed by atoms with van der Waals surface area (Å²) in [6.07, 6.45) is 0. The van der Waals surface area contributed by atoms with Gasteiger partial charge >= 0.3 is 11.9 Å². The number of phenolic OH excluding ortho intramolecular Hbond substituents is 6. The Hall–Kier alpha value is -3.90. The lowest BCUT2D eigenvalue weighted by Crippen LogP contribution is -2.41. The van der Waals surface area contributed by atoms with Crippen molar-refractivity contribution in [3.05, 3.63) is 35.4 Å². The summed E-state index contributed by atoms with van der Waals surface area (Å²) in [4.78, 5) is 24.3. The summed E-state index contributed by atoms with van der Waals surface area (Å²) in [5.74, 6) is -6.97. The van der Waals surface area contributed by atoms with Crippen molar-refractivity contribution >= 4 is 11.9 Å². The standard InChI is InChI=1S/C19H20O12/c20-5-19(6-21,7-30-17(28)9-1-11(22)15(26)12(23)2-9)8-31-18(29)10-3-13(24)16(27)14(25)4-10/h1-4,20-27H,5-8H2. The van der Waals surface area contributed by atoms with E-state index in [0.717, 1.165) is 24.3 Å². The van der Waals surface area contributed by atoms with Crippen LogP contribution in [0.2, 0.25) is 0 Å². The van der Waals surface area contributed by atoms with E-state index in [-0.39, 0.29) is 11.1 Å². The van der Waals surface area contributed by atoms with Gasteiger partial charge in [0.05, 0.1) is 29.8 Å². The molecular weight excluding hydrogens is 420 g/mol. The van der Waals surface area contributed by atoms with Gasteiger partial charge in [-0.2, -0.15) is 0 Å². The van der Waals surface area contributed by atoms with Crippen LogP contribution in [0.5, 0.6) is 34.5 Å². The first kappa shape index (κ1) is 23.4. The third kappa shape index (κ3) is 5.18. The Morgan fingerprint density at radius 1 is 0.645 bits per heavy atom. The average Bonchev–Trinajstić information content (AvgIpc) is 2.75. The molecule has 2 aromatic rings. The zero-order chi connectivity index (χ0) is 23.3. The number of esters is 2. The van der Waals surface area contributed by atoms with Crippen LogP contribution in [0.15, 0.2) is 24.3 Å². The van der Waals surface area contributed by atoms with E-state index < -0.39 is 78.3 Å². The largest absolute Gasteiger partial charge is 0.504 e. The predicted molar refractivity (Wildman–Crippen MR) is 100 cm³/mol. The predicted octanol–water partition coefficient (Wildman–Crippen LogP) is -0.0950. The molecule has 168 valence electrons. The van der Waals surface area contributed by atoms with Crippen molar-refractivity contribution in [2.45, 2.75) is 0 Å². The van der Waals surface area contributed by atoms with Gasteiger partial charge in [-0.1, -0.05) is 0 Å². The summed E-state index contributed by atoms with van der Waals surface area (Å²) in [5, 5.41) is 75.7. The molecule has 0 heterocycles. The van der Waals surface area contributed by atoms with Gasteiger partial charge in [-0.3, -0.25) is 0 Å². The number of rotatable bonds is 8. The number of hydrogen-bond acceptors (Lipinski definition) is 12. The molecule has 0 radical (unpaired) electrons. The molecule has 0 spiro atoms. The first-order chi connectivity index (χ1) is 14.5.